The molecule has 0 aliphatic heterocycles. The third-order valence-corrected chi connectivity index (χ3v) is 4.98. The van der Waals surface area contributed by atoms with Gasteiger partial charge in [-0.15, -0.1) is 0 Å². The Morgan fingerprint density at radius 1 is 1.33 bits per heavy atom. The van der Waals surface area contributed by atoms with E-state index in [-0.39, 0.29) is 11.5 Å². The Bertz CT molecular complexity index is 408. The number of aliphatic hydroxyl groups is 1. The molecule has 1 atom stereocenters. The summed E-state index contributed by atoms with van der Waals surface area (Å²) in [5.41, 5.74) is 2.38. The van der Waals surface area contributed by atoms with Crippen LogP contribution < -0.4 is 0 Å². The smallest absolute Gasteiger partial charge is 0.0637 e. The van der Waals surface area contributed by atoms with E-state index in [0.717, 1.165) is 29.8 Å². The van der Waals surface area contributed by atoms with Crippen LogP contribution >= 0.6 is 11.6 Å². The second kappa shape index (κ2) is 5.63. The molecule has 1 saturated carbocycles. The molecule has 1 unspecified atom stereocenters. The quantitative estimate of drug-likeness (QED) is 0.849. The van der Waals surface area contributed by atoms with Crippen LogP contribution in [-0.2, 0) is 6.42 Å². The third-order valence-electron chi connectivity index (χ3n) is 4.63. The van der Waals surface area contributed by atoms with Gasteiger partial charge in [-0.2, -0.15) is 0 Å². The number of rotatable bonds is 4. The summed E-state index contributed by atoms with van der Waals surface area (Å²) in [5, 5.41) is 11.4. The van der Waals surface area contributed by atoms with Crippen LogP contribution in [0.5, 0.6) is 0 Å². The van der Waals surface area contributed by atoms with Crippen molar-refractivity contribution in [1.82, 2.24) is 0 Å². The van der Waals surface area contributed by atoms with Crippen molar-refractivity contribution in [3.8, 4) is 0 Å². The highest BCUT2D eigenvalue weighted by Crippen LogP contribution is 2.45. The second-order valence-corrected chi connectivity index (χ2v) is 6.15. The summed E-state index contributed by atoms with van der Waals surface area (Å²) < 4.78 is 0. The zero-order valence-electron chi connectivity index (χ0n) is 11.4. The maximum absolute atomic E-state index is 10.6. The van der Waals surface area contributed by atoms with E-state index in [1.807, 2.05) is 13.0 Å². The molecule has 1 N–H and O–H groups in total. The van der Waals surface area contributed by atoms with E-state index in [1.165, 1.54) is 18.4 Å². The molecule has 1 aromatic rings. The fourth-order valence-corrected chi connectivity index (χ4v) is 3.56. The van der Waals surface area contributed by atoms with Crippen LogP contribution in [0, 0.1) is 12.3 Å². The molecule has 0 amide bonds. The Morgan fingerprint density at radius 2 is 2.00 bits per heavy atom. The minimum absolute atomic E-state index is 0.133. The molecule has 1 aliphatic rings. The molecule has 0 aromatic heterocycles. The Balaban J connectivity index is 2.12. The van der Waals surface area contributed by atoms with Crippen molar-refractivity contribution in [3.05, 3.63) is 34.3 Å². The van der Waals surface area contributed by atoms with Gasteiger partial charge in [0.1, 0.15) is 0 Å². The molecule has 0 heterocycles. The molecule has 2 rings (SSSR count). The molecule has 1 aliphatic carbocycles. The lowest BCUT2D eigenvalue weighted by atomic mass is 9.76. The highest BCUT2D eigenvalue weighted by molar-refractivity contribution is 6.31. The number of hydrogen-bond donors (Lipinski definition) is 1. The summed E-state index contributed by atoms with van der Waals surface area (Å²) >= 11 is 6.26. The van der Waals surface area contributed by atoms with Crippen LogP contribution in [0.25, 0.3) is 0 Å². The Labute approximate surface area is 115 Å². The number of halogens is 1. The molecule has 0 bridgehead atoms. The van der Waals surface area contributed by atoms with Gasteiger partial charge < -0.3 is 5.11 Å². The van der Waals surface area contributed by atoms with E-state index in [1.54, 1.807) is 0 Å². The maximum atomic E-state index is 10.6. The van der Waals surface area contributed by atoms with Crippen LogP contribution in [0.15, 0.2) is 18.2 Å². The fraction of sp³-hybridized carbons (Fsp3) is 0.625. The molecule has 0 radical (unpaired) electrons. The van der Waals surface area contributed by atoms with Crippen molar-refractivity contribution >= 4 is 11.6 Å². The van der Waals surface area contributed by atoms with Crippen LogP contribution in [0.3, 0.4) is 0 Å². The van der Waals surface area contributed by atoms with Crippen molar-refractivity contribution < 1.29 is 5.11 Å². The number of benzene rings is 1. The largest absolute Gasteiger partial charge is 0.392 e. The van der Waals surface area contributed by atoms with Gasteiger partial charge in [-0.05, 0) is 48.8 Å². The SMILES string of the molecule is CCC1(C(O)Cc2ccc(C)cc2Cl)CCCC1. The lowest BCUT2D eigenvalue weighted by Crippen LogP contribution is -2.33. The molecule has 18 heavy (non-hydrogen) atoms. The van der Waals surface area contributed by atoms with Gasteiger partial charge in [-0.1, -0.05) is 43.5 Å². The van der Waals surface area contributed by atoms with E-state index in [2.05, 4.69) is 19.1 Å². The van der Waals surface area contributed by atoms with Crippen LogP contribution in [-0.4, -0.2) is 11.2 Å². The van der Waals surface area contributed by atoms with Crippen molar-refractivity contribution in [1.29, 1.82) is 0 Å². The van der Waals surface area contributed by atoms with Gasteiger partial charge in [0.05, 0.1) is 6.10 Å². The molecule has 1 aromatic carbocycles. The molecule has 1 fully saturated rings. The lowest BCUT2D eigenvalue weighted by Gasteiger charge is -2.33. The summed E-state index contributed by atoms with van der Waals surface area (Å²) in [4.78, 5) is 0. The van der Waals surface area contributed by atoms with E-state index in [9.17, 15) is 5.11 Å². The summed E-state index contributed by atoms with van der Waals surface area (Å²) in [5.74, 6) is 0. The average molecular weight is 267 g/mol. The molecule has 100 valence electrons. The lowest BCUT2D eigenvalue weighted by molar-refractivity contribution is 0.0257. The Kier molecular flexibility index (Phi) is 4.34. The zero-order chi connectivity index (χ0) is 13.2. The highest BCUT2D eigenvalue weighted by Gasteiger charge is 2.38. The number of hydrogen-bond acceptors (Lipinski definition) is 1. The van der Waals surface area contributed by atoms with Gasteiger partial charge in [0, 0.05) is 11.4 Å². The standard InChI is InChI=1S/C16H23ClO/c1-3-16(8-4-5-9-16)15(18)11-13-7-6-12(2)10-14(13)17/h6-7,10,15,18H,3-5,8-9,11H2,1-2H3. The van der Waals surface area contributed by atoms with Crippen molar-refractivity contribution in [3.63, 3.8) is 0 Å². The highest BCUT2D eigenvalue weighted by atomic mass is 35.5. The number of aliphatic hydroxyl groups excluding tert-OH is 1. The summed E-state index contributed by atoms with van der Waals surface area (Å²) in [6.45, 7) is 4.24. The first-order valence-corrected chi connectivity index (χ1v) is 7.38. The molecule has 0 saturated heterocycles. The first kappa shape index (κ1) is 13.9. The van der Waals surface area contributed by atoms with Gasteiger partial charge >= 0.3 is 0 Å². The Morgan fingerprint density at radius 3 is 2.56 bits per heavy atom. The van der Waals surface area contributed by atoms with Crippen molar-refractivity contribution in [2.24, 2.45) is 5.41 Å². The van der Waals surface area contributed by atoms with Crippen LogP contribution in [0.1, 0.15) is 50.2 Å². The first-order chi connectivity index (χ1) is 8.57. The second-order valence-electron chi connectivity index (χ2n) is 5.74. The van der Waals surface area contributed by atoms with E-state index >= 15 is 0 Å². The maximum Gasteiger partial charge on any atom is 0.0637 e. The summed E-state index contributed by atoms with van der Waals surface area (Å²) in [6, 6.07) is 6.11. The van der Waals surface area contributed by atoms with Crippen molar-refractivity contribution in [2.45, 2.75) is 58.5 Å². The third kappa shape index (κ3) is 2.73. The fourth-order valence-electron chi connectivity index (χ4n) is 3.24. The molecule has 2 heteroatoms. The van der Waals surface area contributed by atoms with Crippen LogP contribution in [0.2, 0.25) is 5.02 Å². The van der Waals surface area contributed by atoms with Crippen molar-refractivity contribution in [2.75, 3.05) is 0 Å². The zero-order valence-corrected chi connectivity index (χ0v) is 12.1. The van der Waals surface area contributed by atoms with E-state index in [0.29, 0.717) is 6.42 Å². The van der Waals surface area contributed by atoms with Gasteiger partial charge in [-0.25, -0.2) is 0 Å². The molecular formula is C16H23ClO. The normalized spacial score (nSPS) is 20.0. The molecule has 0 spiro atoms. The van der Waals surface area contributed by atoms with Gasteiger partial charge in [-0.3, -0.25) is 0 Å². The predicted molar refractivity (Wildman–Crippen MR) is 77.1 cm³/mol. The summed E-state index contributed by atoms with van der Waals surface area (Å²) in [6.07, 6.45) is 6.33. The van der Waals surface area contributed by atoms with Gasteiger partial charge in [0.2, 0.25) is 0 Å². The van der Waals surface area contributed by atoms with E-state index < -0.39 is 0 Å². The monoisotopic (exact) mass is 266 g/mol. The van der Waals surface area contributed by atoms with Gasteiger partial charge in [0.15, 0.2) is 0 Å². The molecule has 1 nitrogen and oxygen atoms in total. The molecular weight excluding hydrogens is 244 g/mol. The topological polar surface area (TPSA) is 20.2 Å². The minimum atomic E-state index is -0.259. The van der Waals surface area contributed by atoms with E-state index in [4.69, 9.17) is 11.6 Å². The predicted octanol–water partition coefficient (Wildman–Crippen LogP) is 4.52. The Hall–Kier alpha value is -0.530. The first-order valence-electron chi connectivity index (χ1n) is 7.00. The number of aryl methyl sites for hydroxylation is 1. The average Bonchev–Trinajstić information content (AvgIpc) is 2.82. The van der Waals surface area contributed by atoms with Gasteiger partial charge in [0.25, 0.3) is 0 Å². The van der Waals surface area contributed by atoms with Crippen LogP contribution in [0.4, 0.5) is 0 Å². The summed E-state index contributed by atoms with van der Waals surface area (Å²) in [7, 11) is 0. The minimum Gasteiger partial charge on any atom is -0.392 e.